The van der Waals surface area contributed by atoms with E-state index >= 15 is 0 Å². The van der Waals surface area contributed by atoms with Gasteiger partial charge in [0.2, 0.25) is 5.91 Å². The van der Waals surface area contributed by atoms with Gasteiger partial charge in [0.25, 0.3) is 0 Å². The molecule has 0 saturated carbocycles. The lowest BCUT2D eigenvalue weighted by Gasteiger charge is -2.10. The van der Waals surface area contributed by atoms with E-state index in [0.29, 0.717) is 0 Å². The summed E-state index contributed by atoms with van der Waals surface area (Å²) >= 11 is 1.64. The van der Waals surface area contributed by atoms with E-state index in [2.05, 4.69) is 22.5 Å². The molecule has 0 unspecified atom stereocenters. The highest BCUT2D eigenvalue weighted by Crippen LogP contribution is 2.37. The highest BCUT2D eigenvalue weighted by molar-refractivity contribution is 8.01. The van der Waals surface area contributed by atoms with Crippen molar-refractivity contribution in [3.05, 3.63) is 41.2 Å². The fourth-order valence-corrected chi connectivity index (χ4v) is 3.68. The van der Waals surface area contributed by atoms with Crippen molar-refractivity contribution in [1.82, 2.24) is 9.78 Å². The number of rotatable bonds is 2. The number of fused-ring (bicyclic) bond motifs is 1. The minimum atomic E-state index is -0.0496. The standard InChI is InChI=1S/C15H17N3OS/c1-9-14(10(2)18(3)17-9)16-15(19)13-8-11-6-4-5-7-12(11)20-13/h4-7,13H,8H2,1-3H3,(H,16,19)/t13-/m1/s1. The van der Waals surface area contributed by atoms with E-state index in [-0.39, 0.29) is 11.2 Å². The summed E-state index contributed by atoms with van der Waals surface area (Å²) in [4.78, 5) is 13.6. The normalized spacial score (nSPS) is 17.1. The summed E-state index contributed by atoms with van der Waals surface area (Å²) in [7, 11) is 1.89. The first-order valence-electron chi connectivity index (χ1n) is 6.62. The van der Waals surface area contributed by atoms with Gasteiger partial charge in [0.15, 0.2) is 0 Å². The van der Waals surface area contributed by atoms with Crippen molar-refractivity contribution in [2.24, 2.45) is 7.05 Å². The van der Waals surface area contributed by atoms with Gasteiger partial charge in [-0.05, 0) is 31.9 Å². The van der Waals surface area contributed by atoms with Crippen LogP contribution in [0, 0.1) is 13.8 Å². The maximum atomic E-state index is 12.4. The molecule has 1 aromatic heterocycles. The van der Waals surface area contributed by atoms with Gasteiger partial charge in [-0.15, -0.1) is 11.8 Å². The van der Waals surface area contributed by atoms with Crippen molar-refractivity contribution < 1.29 is 4.79 Å². The lowest BCUT2D eigenvalue weighted by molar-refractivity contribution is -0.115. The van der Waals surface area contributed by atoms with E-state index in [9.17, 15) is 4.79 Å². The minimum absolute atomic E-state index is 0.0496. The summed E-state index contributed by atoms with van der Waals surface area (Å²) in [6, 6.07) is 8.21. The Bertz CT molecular complexity index is 653. The molecule has 0 fully saturated rings. The van der Waals surface area contributed by atoms with E-state index in [1.54, 1.807) is 16.4 Å². The van der Waals surface area contributed by atoms with Crippen LogP contribution >= 0.6 is 11.8 Å². The summed E-state index contributed by atoms with van der Waals surface area (Å²) in [5, 5.41) is 7.31. The van der Waals surface area contributed by atoms with Crippen LogP contribution in [0.2, 0.25) is 0 Å². The number of amides is 1. The zero-order valence-electron chi connectivity index (χ0n) is 11.8. The molecule has 1 aromatic carbocycles. The molecule has 3 rings (SSSR count). The maximum Gasteiger partial charge on any atom is 0.238 e. The molecule has 2 aromatic rings. The molecule has 0 aliphatic carbocycles. The summed E-state index contributed by atoms with van der Waals surface area (Å²) in [5.74, 6) is 0.0606. The summed E-state index contributed by atoms with van der Waals surface area (Å²) in [6.45, 7) is 3.88. The molecule has 0 spiro atoms. The Hall–Kier alpha value is -1.75. The van der Waals surface area contributed by atoms with Gasteiger partial charge >= 0.3 is 0 Å². The zero-order chi connectivity index (χ0) is 14.3. The highest BCUT2D eigenvalue weighted by Gasteiger charge is 2.28. The minimum Gasteiger partial charge on any atom is -0.322 e. The van der Waals surface area contributed by atoms with Crippen molar-refractivity contribution in [1.29, 1.82) is 0 Å². The second-order valence-corrected chi connectivity index (χ2v) is 6.32. The van der Waals surface area contributed by atoms with Crippen molar-refractivity contribution in [3.63, 3.8) is 0 Å². The molecule has 2 heterocycles. The number of carbonyl (C=O) groups excluding carboxylic acids is 1. The van der Waals surface area contributed by atoms with Gasteiger partial charge in [0.05, 0.1) is 22.3 Å². The number of carbonyl (C=O) groups is 1. The zero-order valence-corrected chi connectivity index (χ0v) is 12.6. The highest BCUT2D eigenvalue weighted by atomic mass is 32.2. The molecule has 20 heavy (non-hydrogen) atoms. The van der Waals surface area contributed by atoms with E-state index < -0.39 is 0 Å². The predicted octanol–water partition coefficient (Wildman–Crippen LogP) is 2.69. The van der Waals surface area contributed by atoms with Crippen molar-refractivity contribution in [2.45, 2.75) is 30.4 Å². The van der Waals surface area contributed by atoms with Crippen LogP contribution in [0.1, 0.15) is 17.0 Å². The number of aromatic nitrogens is 2. The third kappa shape index (κ3) is 2.22. The molecule has 0 saturated heterocycles. The van der Waals surface area contributed by atoms with Crippen LogP contribution in [-0.4, -0.2) is 20.9 Å². The molecule has 1 amide bonds. The van der Waals surface area contributed by atoms with Gasteiger partial charge in [0.1, 0.15) is 0 Å². The van der Waals surface area contributed by atoms with E-state index in [1.165, 1.54) is 10.5 Å². The molecule has 1 aliphatic heterocycles. The lowest BCUT2D eigenvalue weighted by atomic mass is 10.1. The van der Waals surface area contributed by atoms with Gasteiger partial charge in [-0.1, -0.05) is 18.2 Å². The second-order valence-electron chi connectivity index (χ2n) is 5.08. The third-order valence-electron chi connectivity index (χ3n) is 3.70. The molecular formula is C15H17N3OS. The number of hydrogen-bond acceptors (Lipinski definition) is 3. The fourth-order valence-electron chi connectivity index (χ4n) is 2.49. The first-order chi connectivity index (χ1) is 9.56. The molecule has 104 valence electrons. The third-order valence-corrected chi connectivity index (χ3v) is 5.01. The van der Waals surface area contributed by atoms with Gasteiger partial charge in [-0.2, -0.15) is 5.10 Å². The Morgan fingerprint density at radius 1 is 1.40 bits per heavy atom. The largest absolute Gasteiger partial charge is 0.322 e. The number of anilines is 1. The Morgan fingerprint density at radius 3 is 2.80 bits per heavy atom. The summed E-state index contributed by atoms with van der Waals surface area (Å²) in [6.07, 6.45) is 0.797. The Balaban J connectivity index is 1.76. The fraction of sp³-hybridized carbons (Fsp3) is 0.333. The molecule has 1 aliphatic rings. The quantitative estimate of drug-likeness (QED) is 0.924. The van der Waals surface area contributed by atoms with E-state index in [1.807, 2.05) is 33.0 Å². The number of aryl methyl sites for hydroxylation is 2. The first-order valence-corrected chi connectivity index (χ1v) is 7.50. The van der Waals surface area contributed by atoms with Gasteiger partial charge in [0, 0.05) is 11.9 Å². The average Bonchev–Trinajstić information content (AvgIpc) is 2.95. The predicted molar refractivity (Wildman–Crippen MR) is 81.1 cm³/mol. The summed E-state index contributed by atoms with van der Waals surface area (Å²) in [5.41, 5.74) is 3.95. The molecule has 1 atom stereocenters. The van der Waals surface area contributed by atoms with Crippen LogP contribution in [0.3, 0.4) is 0 Å². The van der Waals surface area contributed by atoms with Gasteiger partial charge in [-0.3, -0.25) is 9.48 Å². The number of nitrogens with one attached hydrogen (secondary N) is 1. The van der Waals surface area contributed by atoms with Crippen LogP contribution in [0.5, 0.6) is 0 Å². The van der Waals surface area contributed by atoms with Crippen LogP contribution in [-0.2, 0) is 18.3 Å². The Morgan fingerprint density at radius 2 is 2.15 bits per heavy atom. The topological polar surface area (TPSA) is 46.9 Å². The monoisotopic (exact) mass is 287 g/mol. The number of nitrogens with zero attached hydrogens (tertiary/aromatic N) is 2. The Labute approximate surface area is 122 Å². The molecular weight excluding hydrogens is 270 g/mol. The molecule has 4 nitrogen and oxygen atoms in total. The van der Waals surface area contributed by atoms with Crippen molar-refractivity contribution >= 4 is 23.4 Å². The van der Waals surface area contributed by atoms with Crippen LogP contribution < -0.4 is 5.32 Å². The maximum absolute atomic E-state index is 12.4. The SMILES string of the molecule is Cc1nn(C)c(C)c1NC(=O)[C@H]1Cc2ccccc2S1. The van der Waals surface area contributed by atoms with Crippen LogP contribution in [0.15, 0.2) is 29.2 Å². The smallest absolute Gasteiger partial charge is 0.238 e. The van der Waals surface area contributed by atoms with Gasteiger partial charge < -0.3 is 5.32 Å². The Kier molecular flexibility index (Phi) is 3.30. The van der Waals surface area contributed by atoms with E-state index in [4.69, 9.17) is 0 Å². The first kappa shape index (κ1) is 13.2. The van der Waals surface area contributed by atoms with Crippen LogP contribution in [0.4, 0.5) is 5.69 Å². The second kappa shape index (κ2) is 4.98. The number of hydrogen-bond donors (Lipinski definition) is 1. The number of thioether (sulfide) groups is 1. The van der Waals surface area contributed by atoms with Crippen molar-refractivity contribution in [3.8, 4) is 0 Å². The molecule has 0 radical (unpaired) electrons. The lowest BCUT2D eigenvalue weighted by Crippen LogP contribution is -2.25. The van der Waals surface area contributed by atoms with E-state index in [0.717, 1.165) is 23.5 Å². The average molecular weight is 287 g/mol. The molecule has 5 heteroatoms. The van der Waals surface area contributed by atoms with Crippen molar-refractivity contribution in [2.75, 3.05) is 5.32 Å². The molecule has 1 N–H and O–H groups in total. The number of benzene rings is 1. The van der Waals surface area contributed by atoms with Crippen LogP contribution in [0.25, 0.3) is 0 Å². The molecule has 0 bridgehead atoms. The summed E-state index contributed by atoms with van der Waals surface area (Å²) < 4.78 is 1.79. The van der Waals surface area contributed by atoms with Gasteiger partial charge in [-0.25, -0.2) is 0 Å².